The summed E-state index contributed by atoms with van der Waals surface area (Å²) < 4.78 is 1.15. The van der Waals surface area contributed by atoms with Crippen molar-refractivity contribution >= 4 is 28.4 Å². The molecule has 1 aromatic rings. The number of rotatable bonds is 1. The molecule has 13 heavy (non-hydrogen) atoms. The van der Waals surface area contributed by atoms with Crippen molar-refractivity contribution in [2.45, 2.75) is 25.8 Å². The summed E-state index contributed by atoms with van der Waals surface area (Å²) in [6, 6.07) is 0.628. The number of anilines is 1. The first-order chi connectivity index (χ1) is 6.29. The van der Waals surface area contributed by atoms with E-state index in [1.165, 1.54) is 12.8 Å². The summed E-state index contributed by atoms with van der Waals surface area (Å²) in [7, 11) is 0. The molecule has 0 amide bonds. The van der Waals surface area contributed by atoms with Crippen molar-refractivity contribution < 1.29 is 0 Å². The lowest BCUT2D eigenvalue weighted by Gasteiger charge is -2.22. The van der Waals surface area contributed by atoms with Crippen LogP contribution in [0.3, 0.4) is 0 Å². The molecule has 3 nitrogen and oxygen atoms in total. The molecular weight excluding hydrogens is 277 g/mol. The van der Waals surface area contributed by atoms with Gasteiger partial charge in [-0.1, -0.05) is 0 Å². The van der Waals surface area contributed by atoms with Gasteiger partial charge in [0.25, 0.3) is 0 Å². The molecule has 2 rings (SSSR count). The third-order valence-electron chi connectivity index (χ3n) is 2.47. The van der Waals surface area contributed by atoms with Crippen molar-refractivity contribution in [3.8, 4) is 0 Å². The second-order valence-electron chi connectivity index (χ2n) is 3.38. The van der Waals surface area contributed by atoms with Gasteiger partial charge in [-0.25, -0.2) is 9.97 Å². The molecule has 0 aliphatic carbocycles. The molecule has 0 unspecified atom stereocenters. The van der Waals surface area contributed by atoms with E-state index >= 15 is 0 Å². The average molecular weight is 289 g/mol. The van der Waals surface area contributed by atoms with Crippen LogP contribution in [0.2, 0.25) is 0 Å². The fourth-order valence-corrected chi connectivity index (χ4v) is 2.38. The minimum atomic E-state index is 0.628. The fraction of sp³-hybridized carbons (Fsp3) is 0.556. The number of hydrogen-bond donors (Lipinski definition) is 0. The maximum Gasteiger partial charge on any atom is 0.145 e. The van der Waals surface area contributed by atoms with E-state index in [4.69, 9.17) is 0 Å². The molecule has 0 spiro atoms. The third-order valence-corrected chi connectivity index (χ3v) is 3.23. The molecule has 0 N–H and O–H groups in total. The van der Waals surface area contributed by atoms with Crippen molar-refractivity contribution in [1.82, 2.24) is 9.97 Å². The lowest BCUT2D eigenvalue weighted by molar-refractivity contribution is 0.724. The molecule has 1 fully saturated rings. The molecule has 1 aromatic heterocycles. The Bertz CT molecular complexity index is 303. The Balaban J connectivity index is 2.29. The highest BCUT2D eigenvalue weighted by molar-refractivity contribution is 14.1. The van der Waals surface area contributed by atoms with Crippen LogP contribution in [0.15, 0.2) is 12.5 Å². The molecule has 0 bridgehead atoms. The Hall–Kier alpha value is -0.390. The van der Waals surface area contributed by atoms with E-state index in [9.17, 15) is 0 Å². The van der Waals surface area contributed by atoms with Gasteiger partial charge < -0.3 is 4.90 Å². The summed E-state index contributed by atoms with van der Waals surface area (Å²) in [4.78, 5) is 10.7. The van der Waals surface area contributed by atoms with Gasteiger partial charge in [-0.2, -0.15) is 0 Å². The van der Waals surface area contributed by atoms with Crippen molar-refractivity contribution in [1.29, 1.82) is 0 Å². The van der Waals surface area contributed by atoms with E-state index in [0.29, 0.717) is 6.04 Å². The average Bonchev–Trinajstić information content (AvgIpc) is 2.52. The summed E-state index contributed by atoms with van der Waals surface area (Å²) in [5, 5.41) is 0. The summed E-state index contributed by atoms with van der Waals surface area (Å²) in [6.45, 7) is 3.39. The number of aromatic nitrogens is 2. The predicted octanol–water partition coefficient (Wildman–Crippen LogP) is 2.07. The highest BCUT2D eigenvalue weighted by Crippen LogP contribution is 2.26. The van der Waals surface area contributed by atoms with E-state index in [-0.39, 0.29) is 0 Å². The Morgan fingerprint density at radius 1 is 1.62 bits per heavy atom. The lowest BCUT2D eigenvalue weighted by Crippen LogP contribution is -2.28. The summed E-state index contributed by atoms with van der Waals surface area (Å²) in [5.41, 5.74) is 0. The van der Waals surface area contributed by atoms with Gasteiger partial charge in [0.1, 0.15) is 12.1 Å². The molecule has 1 atom stereocenters. The summed E-state index contributed by atoms with van der Waals surface area (Å²) >= 11 is 2.29. The zero-order chi connectivity index (χ0) is 9.26. The van der Waals surface area contributed by atoms with Crippen LogP contribution in [0.25, 0.3) is 0 Å². The Morgan fingerprint density at radius 3 is 3.08 bits per heavy atom. The van der Waals surface area contributed by atoms with Crippen molar-refractivity contribution in [3.63, 3.8) is 0 Å². The van der Waals surface area contributed by atoms with E-state index in [1.807, 2.05) is 6.20 Å². The van der Waals surface area contributed by atoms with Gasteiger partial charge in [0.2, 0.25) is 0 Å². The minimum absolute atomic E-state index is 0.628. The van der Waals surface area contributed by atoms with Gasteiger partial charge in [-0.3, -0.25) is 0 Å². The standard InChI is InChI=1S/C9H12IN3/c1-7-3-2-4-13(7)9-8(10)5-11-6-12-9/h5-7H,2-4H2,1H3/t7-/m0/s1. The first kappa shape index (κ1) is 9.18. The second-order valence-corrected chi connectivity index (χ2v) is 4.54. The van der Waals surface area contributed by atoms with Crippen molar-refractivity contribution in [2.24, 2.45) is 0 Å². The number of hydrogen-bond acceptors (Lipinski definition) is 3. The second kappa shape index (κ2) is 3.77. The molecule has 1 saturated heterocycles. The monoisotopic (exact) mass is 289 g/mol. The van der Waals surface area contributed by atoms with Crippen LogP contribution in [-0.2, 0) is 0 Å². The Kier molecular flexibility index (Phi) is 2.66. The van der Waals surface area contributed by atoms with Gasteiger partial charge in [-0.05, 0) is 42.4 Å². The maximum absolute atomic E-state index is 4.32. The predicted molar refractivity (Wildman–Crippen MR) is 60.8 cm³/mol. The van der Waals surface area contributed by atoms with Crippen molar-refractivity contribution in [3.05, 3.63) is 16.1 Å². The molecule has 2 heterocycles. The van der Waals surface area contributed by atoms with Gasteiger partial charge in [0.15, 0.2) is 0 Å². The molecule has 4 heteroatoms. The van der Waals surface area contributed by atoms with Crippen molar-refractivity contribution in [2.75, 3.05) is 11.4 Å². The molecule has 1 aliphatic rings. The van der Waals surface area contributed by atoms with Gasteiger partial charge in [0, 0.05) is 18.8 Å². The van der Waals surface area contributed by atoms with E-state index in [1.54, 1.807) is 6.33 Å². The number of halogens is 1. The van der Waals surface area contributed by atoms with E-state index in [2.05, 4.69) is 44.4 Å². The van der Waals surface area contributed by atoms with Crippen LogP contribution >= 0.6 is 22.6 Å². The summed E-state index contributed by atoms with van der Waals surface area (Å²) in [6.07, 6.45) is 6.05. The lowest BCUT2D eigenvalue weighted by atomic mass is 10.2. The van der Waals surface area contributed by atoms with Crippen LogP contribution in [0, 0.1) is 3.57 Å². The topological polar surface area (TPSA) is 29.0 Å². The van der Waals surface area contributed by atoms with Gasteiger partial charge >= 0.3 is 0 Å². The highest BCUT2D eigenvalue weighted by Gasteiger charge is 2.22. The van der Waals surface area contributed by atoms with Crippen LogP contribution in [0.1, 0.15) is 19.8 Å². The minimum Gasteiger partial charge on any atom is -0.353 e. The zero-order valence-electron chi connectivity index (χ0n) is 7.57. The first-order valence-electron chi connectivity index (χ1n) is 4.51. The van der Waals surface area contributed by atoms with E-state index < -0.39 is 0 Å². The number of nitrogens with zero attached hydrogens (tertiary/aromatic N) is 3. The molecular formula is C9H12IN3. The Morgan fingerprint density at radius 2 is 2.46 bits per heavy atom. The molecule has 0 radical (unpaired) electrons. The van der Waals surface area contributed by atoms with Crippen LogP contribution < -0.4 is 4.90 Å². The SMILES string of the molecule is C[C@H]1CCCN1c1ncncc1I. The molecule has 0 aromatic carbocycles. The maximum atomic E-state index is 4.32. The van der Waals surface area contributed by atoms with Crippen LogP contribution in [0.4, 0.5) is 5.82 Å². The molecule has 1 aliphatic heterocycles. The smallest absolute Gasteiger partial charge is 0.145 e. The molecule has 0 saturated carbocycles. The third kappa shape index (κ3) is 1.77. The van der Waals surface area contributed by atoms with Gasteiger partial charge in [0.05, 0.1) is 3.57 Å². The van der Waals surface area contributed by atoms with Crippen LogP contribution in [-0.4, -0.2) is 22.6 Å². The highest BCUT2D eigenvalue weighted by atomic mass is 127. The fourth-order valence-electron chi connectivity index (χ4n) is 1.77. The quantitative estimate of drug-likeness (QED) is 0.741. The summed E-state index contributed by atoms with van der Waals surface area (Å²) in [5.74, 6) is 1.10. The zero-order valence-corrected chi connectivity index (χ0v) is 9.73. The normalized spacial score (nSPS) is 22.3. The first-order valence-corrected chi connectivity index (χ1v) is 5.59. The Labute approximate surface area is 91.7 Å². The van der Waals surface area contributed by atoms with E-state index in [0.717, 1.165) is 15.9 Å². The van der Waals surface area contributed by atoms with Gasteiger partial charge in [-0.15, -0.1) is 0 Å². The molecule has 70 valence electrons. The van der Waals surface area contributed by atoms with Crippen LogP contribution in [0.5, 0.6) is 0 Å². The largest absolute Gasteiger partial charge is 0.353 e.